The van der Waals surface area contributed by atoms with E-state index in [1.807, 2.05) is 0 Å². The first-order valence-corrected chi connectivity index (χ1v) is 7.72. The van der Waals surface area contributed by atoms with E-state index in [4.69, 9.17) is 5.73 Å². The molecule has 0 aliphatic carbocycles. The number of anilines is 1. The van der Waals surface area contributed by atoms with Crippen LogP contribution in [-0.4, -0.2) is 24.5 Å². The molecule has 1 amide bonds. The molecule has 0 aliphatic heterocycles. The van der Waals surface area contributed by atoms with Crippen LogP contribution in [0.1, 0.15) is 16.2 Å². The fourth-order valence-electron chi connectivity index (χ4n) is 1.54. The summed E-state index contributed by atoms with van der Waals surface area (Å²) in [5.74, 6) is -0.817. The van der Waals surface area contributed by atoms with Crippen molar-refractivity contribution in [3.05, 3.63) is 40.1 Å². The number of carbonyl (C=O) groups excluding carboxylic acids is 1. The van der Waals surface area contributed by atoms with Crippen LogP contribution in [0.5, 0.6) is 0 Å². The van der Waals surface area contributed by atoms with Crippen molar-refractivity contribution in [2.45, 2.75) is 11.8 Å². The topological polar surface area (TPSA) is 118 Å². The van der Waals surface area contributed by atoms with Crippen molar-refractivity contribution >= 4 is 37.5 Å². The van der Waals surface area contributed by atoms with E-state index >= 15 is 0 Å². The molecule has 2 aromatic rings. The maximum Gasteiger partial charge on any atom is 0.271 e. The Morgan fingerprint density at radius 2 is 1.95 bits per heavy atom. The van der Waals surface area contributed by atoms with Crippen molar-refractivity contribution in [2.75, 3.05) is 4.72 Å². The van der Waals surface area contributed by atoms with Gasteiger partial charge in [0.15, 0.2) is 5.69 Å². The Labute approximate surface area is 123 Å². The molecule has 0 bridgehead atoms. The third kappa shape index (κ3) is 2.83. The molecular weight excluding hydrogens is 348 g/mol. The number of nitrogens with two attached hydrogens (primary N) is 1. The molecule has 0 radical (unpaired) electrons. The molecule has 2 rings (SSSR count). The molecule has 0 saturated carbocycles. The highest BCUT2D eigenvalue weighted by atomic mass is 79.9. The van der Waals surface area contributed by atoms with Gasteiger partial charge in [-0.25, -0.2) is 8.42 Å². The third-order valence-corrected chi connectivity index (χ3v) is 4.44. The van der Waals surface area contributed by atoms with Crippen LogP contribution in [0.25, 0.3) is 0 Å². The van der Waals surface area contributed by atoms with E-state index in [1.54, 1.807) is 19.1 Å². The number of hydrogen-bond donors (Lipinski definition) is 3. The first kappa shape index (κ1) is 14.5. The Morgan fingerprint density at radius 1 is 1.35 bits per heavy atom. The number of sulfonamides is 1. The van der Waals surface area contributed by atoms with Crippen molar-refractivity contribution < 1.29 is 13.2 Å². The van der Waals surface area contributed by atoms with Gasteiger partial charge in [0.25, 0.3) is 15.9 Å². The lowest BCUT2D eigenvalue weighted by Gasteiger charge is -2.08. The number of nitrogens with zero attached hydrogens (tertiary/aromatic N) is 1. The highest BCUT2D eigenvalue weighted by Gasteiger charge is 2.21. The zero-order valence-corrected chi connectivity index (χ0v) is 12.7. The molecule has 106 valence electrons. The lowest BCUT2D eigenvalue weighted by molar-refractivity contribution is 0.0996. The molecule has 0 atom stereocenters. The summed E-state index contributed by atoms with van der Waals surface area (Å²) in [4.78, 5) is 11.3. The van der Waals surface area contributed by atoms with Crippen LogP contribution in [-0.2, 0) is 10.0 Å². The summed E-state index contributed by atoms with van der Waals surface area (Å²) in [5, 5.41) is 6.19. The van der Waals surface area contributed by atoms with Crippen LogP contribution in [0, 0.1) is 6.92 Å². The number of aromatic amines is 1. The van der Waals surface area contributed by atoms with Crippen LogP contribution in [0.15, 0.2) is 33.6 Å². The van der Waals surface area contributed by atoms with E-state index in [2.05, 4.69) is 30.8 Å². The third-order valence-electron chi connectivity index (χ3n) is 2.54. The second-order valence-electron chi connectivity index (χ2n) is 4.00. The van der Waals surface area contributed by atoms with Gasteiger partial charge in [-0.2, -0.15) is 5.10 Å². The van der Waals surface area contributed by atoms with Crippen LogP contribution in [0.4, 0.5) is 5.69 Å². The molecule has 0 fully saturated rings. The summed E-state index contributed by atoms with van der Waals surface area (Å²) in [6.07, 6.45) is 0. The fraction of sp³-hybridized carbons (Fsp3) is 0.0909. The molecule has 20 heavy (non-hydrogen) atoms. The van der Waals surface area contributed by atoms with Crippen molar-refractivity contribution in [3.63, 3.8) is 0 Å². The molecular formula is C11H11BrN4O3S. The van der Waals surface area contributed by atoms with Crippen LogP contribution in [0.3, 0.4) is 0 Å². The van der Waals surface area contributed by atoms with Crippen LogP contribution < -0.4 is 10.5 Å². The number of H-pyrrole nitrogens is 1. The SMILES string of the molecule is Cc1[nH]nc(C(N)=O)c1NS(=O)(=O)c1ccc(Br)cc1. The fourth-order valence-corrected chi connectivity index (χ4v) is 2.93. The van der Waals surface area contributed by atoms with Crippen molar-refractivity contribution in [2.24, 2.45) is 5.73 Å². The molecule has 0 unspecified atom stereocenters. The number of halogens is 1. The maximum absolute atomic E-state index is 12.2. The van der Waals surface area contributed by atoms with Crippen molar-refractivity contribution in [3.8, 4) is 0 Å². The normalized spacial score (nSPS) is 11.3. The monoisotopic (exact) mass is 358 g/mol. The molecule has 1 heterocycles. The molecule has 0 aliphatic rings. The minimum absolute atomic E-state index is 0.0559. The number of amides is 1. The summed E-state index contributed by atoms with van der Waals surface area (Å²) in [6, 6.07) is 6.08. The van der Waals surface area contributed by atoms with Crippen LogP contribution in [0.2, 0.25) is 0 Å². The smallest absolute Gasteiger partial charge is 0.271 e. The molecule has 0 saturated heterocycles. The summed E-state index contributed by atoms with van der Waals surface area (Å²) >= 11 is 3.22. The molecule has 7 nitrogen and oxygen atoms in total. The number of nitrogens with one attached hydrogen (secondary N) is 2. The molecule has 9 heteroatoms. The summed E-state index contributed by atoms with van der Waals surface area (Å²) in [5.41, 5.74) is 5.45. The quantitative estimate of drug-likeness (QED) is 0.764. The zero-order valence-electron chi connectivity index (χ0n) is 10.3. The van der Waals surface area contributed by atoms with Gasteiger partial charge >= 0.3 is 0 Å². The van der Waals surface area contributed by atoms with Gasteiger partial charge in [-0.15, -0.1) is 0 Å². The second kappa shape index (κ2) is 5.25. The molecule has 1 aromatic heterocycles. The number of benzene rings is 1. The number of aryl methyl sites for hydroxylation is 1. The highest BCUT2D eigenvalue weighted by Crippen LogP contribution is 2.22. The van der Waals surface area contributed by atoms with E-state index in [0.29, 0.717) is 5.69 Å². The number of carbonyl (C=O) groups is 1. The van der Waals surface area contributed by atoms with Gasteiger partial charge in [0, 0.05) is 4.47 Å². The lowest BCUT2D eigenvalue weighted by atomic mass is 10.3. The first-order chi connectivity index (χ1) is 9.31. The minimum Gasteiger partial charge on any atom is -0.364 e. The molecule has 1 aromatic carbocycles. The van der Waals surface area contributed by atoms with E-state index in [0.717, 1.165) is 4.47 Å². The Hall–Kier alpha value is -1.87. The Kier molecular flexibility index (Phi) is 3.82. The van der Waals surface area contributed by atoms with Crippen molar-refractivity contribution in [1.82, 2.24) is 10.2 Å². The van der Waals surface area contributed by atoms with Gasteiger partial charge in [0.1, 0.15) is 5.69 Å². The second-order valence-corrected chi connectivity index (χ2v) is 6.59. The Balaban J connectivity index is 2.41. The predicted molar refractivity (Wildman–Crippen MR) is 76.8 cm³/mol. The van der Waals surface area contributed by atoms with Gasteiger partial charge in [-0.05, 0) is 31.2 Å². The number of rotatable bonds is 4. The predicted octanol–water partition coefficient (Wildman–Crippen LogP) is 1.38. The van der Waals surface area contributed by atoms with E-state index in [1.165, 1.54) is 12.1 Å². The standard InChI is InChI=1S/C11H11BrN4O3S/c1-6-9(10(11(13)17)15-14-6)16-20(18,19)8-4-2-7(12)3-5-8/h2-5,16H,1H3,(H2,13,17)(H,14,15). The molecule has 0 spiro atoms. The van der Waals surface area contributed by atoms with E-state index < -0.39 is 15.9 Å². The summed E-state index contributed by atoms with van der Waals surface area (Å²) < 4.78 is 27.5. The molecule has 4 N–H and O–H groups in total. The van der Waals surface area contributed by atoms with Gasteiger partial charge in [0.2, 0.25) is 0 Å². The first-order valence-electron chi connectivity index (χ1n) is 5.44. The lowest BCUT2D eigenvalue weighted by Crippen LogP contribution is -2.18. The van der Waals surface area contributed by atoms with Gasteiger partial charge in [0.05, 0.1) is 10.6 Å². The van der Waals surface area contributed by atoms with E-state index in [-0.39, 0.29) is 16.3 Å². The zero-order chi connectivity index (χ0) is 14.9. The van der Waals surface area contributed by atoms with Gasteiger partial charge in [-0.1, -0.05) is 15.9 Å². The maximum atomic E-state index is 12.2. The minimum atomic E-state index is -3.82. The number of primary amides is 1. The van der Waals surface area contributed by atoms with Crippen LogP contribution >= 0.6 is 15.9 Å². The number of hydrogen-bond acceptors (Lipinski definition) is 4. The van der Waals surface area contributed by atoms with E-state index in [9.17, 15) is 13.2 Å². The van der Waals surface area contributed by atoms with Crippen molar-refractivity contribution in [1.29, 1.82) is 0 Å². The number of aromatic nitrogens is 2. The average Bonchev–Trinajstić information content (AvgIpc) is 2.71. The average molecular weight is 359 g/mol. The summed E-state index contributed by atoms with van der Waals surface area (Å²) in [7, 11) is -3.82. The summed E-state index contributed by atoms with van der Waals surface area (Å²) in [6.45, 7) is 1.58. The van der Waals surface area contributed by atoms with Gasteiger partial charge in [-0.3, -0.25) is 14.6 Å². The Bertz CT molecular complexity index is 752. The highest BCUT2D eigenvalue weighted by molar-refractivity contribution is 9.10. The largest absolute Gasteiger partial charge is 0.364 e. The van der Waals surface area contributed by atoms with Gasteiger partial charge < -0.3 is 5.73 Å². The Morgan fingerprint density at radius 3 is 2.50 bits per heavy atom.